The van der Waals surface area contributed by atoms with Gasteiger partial charge in [-0.2, -0.15) is 0 Å². The van der Waals surface area contributed by atoms with E-state index in [1.165, 1.54) is 18.2 Å². The van der Waals surface area contributed by atoms with Crippen molar-refractivity contribution >= 4 is 44.9 Å². The van der Waals surface area contributed by atoms with Crippen LogP contribution >= 0.6 is 23.2 Å². The van der Waals surface area contributed by atoms with Crippen molar-refractivity contribution in [1.29, 1.82) is 0 Å². The van der Waals surface area contributed by atoms with Gasteiger partial charge in [0, 0.05) is 10.7 Å². The summed E-state index contributed by atoms with van der Waals surface area (Å²) in [6.45, 7) is 1.87. The third-order valence-electron chi connectivity index (χ3n) is 2.76. The zero-order chi connectivity index (χ0) is 17.0. The summed E-state index contributed by atoms with van der Waals surface area (Å²) in [5.41, 5.74) is 3.53. The summed E-state index contributed by atoms with van der Waals surface area (Å²) in [4.78, 5) is 13.5. The number of rotatable bonds is 4. The minimum Gasteiger partial charge on any atom is -0.307 e. The molecule has 0 spiro atoms. The maximum Gasteiger partial charge on any atom is 0.334 e. The number of carbonyl (C=O) groups is 1. The lowest BCUT2D eigenvalue weighted by Crippen LogP contribution is -2.43. The number of sulfonamides is 1. The molecule has 0 saturated heterocycles. The Morgan fingerprint density at radius 1 is 1.09 bits per heavy atom. The Morgan fingerprint density at radius 2 is 1.83 bits per heavy atom. The Balaban J connectivity index is 2.04. The molecule has 9 heteroatoms. The topological polar surface area (TPSA) is 87.3 Å². The van der Waals surface area contributed by atoms with Gasteiger partial charge in [0.2, 0.25) is 0 Å². The fourth-order valence-corrected chi connectivity index (χ4v) is 3.34. The average molecular weight is 374 g/mol. The number of hydrogen-bond acceptors (Lipinski definition) is 3. The Labute approximate surface area is 143 Å². The molecule has 2 aromatic carbocycles. The predicted octanol–water partition coefficient (Wildman–Crippen LogP) is 3.32. The van der Waals surface area contributed by atoms with Crippen LogP contribution in [0.5, 0.6) is 0 Å². The second kappa shape index (κ2) is 7.18. The second-order valence-electron chi connectivity index (χ2n) is 4.63. The Kier molecular flexibility index (Phi) is 5.48. The standard InChI is InChI=1S/C14H13Cl2N3O3S/c1-9-3-2-4-11(7-9)17-14(20)18-19-23(21,22)13-8-10(15)5-6-12(13)16/h2-8,19H,1H3,(H2,17,18,20). The van der Waals surface area contributed by atoms with E-state index in [9.17, 15) is 13.2 Å². The number of hydrogen-bond donors (Lipinski definition) is 3. The second-order valence-corrected chi connectivity index (χ2v) is 7.12. The number of nitrogens with one attached hydrogen (secondary N) is 3. The van der Waals surface area contributed by atoms with E-state index < -0.39 is 16.1 Å². The summed E-state index contributed by atoms with van der Waals surface area (Å²) >= 11 is 11.6. The fraction of sp³-hybridized carbons (Fsp3) is 0.0714. The molecule has 2 rings (SSSR count). The quantitative estimate of drug-likeness (QED) is 0.718. The number of benzene rings is 2. The minimum atomic E-state index is -4.05. The highest BCUT2D eigenvalue weighted by atomic mass is 35.5. The first-order chi connectivity index (χ1) is 10.8. The van der Waals surface area contributed by atoms with Gasteiger partial charge in [-0.05, 0) is 42.8 Å². The van der Waals surface area contributed by atoms with Crippen LogP contribution in [0.2, 0.25) is 10.0 Å². The smallest absolute Gasteiger partial charge is 0.307 e. The van der Waals surface area contributed by atoms with E-state index in [0.717, 1.165) is 5.56 Å². The molecule has 0 saturated carbocycles. The van der Waals surface area contributed by atoms with Gasteiger partial charge in [-0.15, -0.1) is 4.83 Å². The normalized spacial score (nSPS) is 11.1. The number of halogens is 2. The van der Waals surface area contributed by atoms with Crippen molar-refractivity contribution < 1.29 is 13.2 Å². The number of aryl methyl sites for hydroxylation is 1. The highest BCUT2D eigenvalue weighted by Gasteiger charge is 2.19. The summed E-state index contributed by atoms with van der Waals surface area (Å²) in [7, 11) is -4.05. The highest BCUT2D eigenvalue weighted by molar-refractivity contribution is 7.89. The first kappa shape index (κ1) is 17.6. The van der Waals surface area contributed by atoms with Gasteiger partial charge in [0.25, 0.3) is 10.0 Å². The van der Waals surface area contributed by atoms with Crippen LogP contribution in [0.15, 0.2) is 47.4 Å². The zero-order valence-electron chi connectivity index (χ0n) is 11.9. The number of amides is 2. The monoisotopic (exact) mass is 373 g/mol. The Bertz CT molecular complexity index is 841. The van der Waals surface area contributed by atoms with Crippen LogP contribution in [0.25, 0.3) is 0 Å². The van der Waals surface area contributed by atoms with Crippen LogP contribution in [0.3, 0.4) is 0 Å². The van der Waals surface area contributed by atoms with Crippen molar-refractivity contribution in [2.24, 2.45) is 0 Å². The maximum atomic E-state index is 12.1. The molecule has 2 aromatic rings. The largest absolute Gasteiger partial charge is 0.334 e. The lowest BCUT2D eigenvalue weighted by Gasteiger charge is -2.11. The SMILES string of the molecule is Cc1cccc(NC(=O)NNS(=O)(=O)c2cc(Cl)ccc2Cl)c1. The highest BCUT2D eigenvalue weighted by Crippen LogP contribution is 2.24. The van der Waals surface area contributed by atoms with Crippen molar-refractivity contribution in [2.45, 2.75) is 11.8 Å². The van der Waals surface area contributed by atoms with E-state index in [-0.39, 0.29) is 14.9 Å². The zero-order valence-corrected chi connectivity index (χ0v) is 14.3. The third-order valence-corrected chi connectivity index (χ3v) is 4.72. The van der Waals surface area contributed by atoms with E-state index in [0.29, 0.717) is 5.69 Å². The molecule has 6 nitrogen and oxygen atoms in total. The van der Waals surface area contributed by atoms with Crippen LogP contribution in [0, 0.1) is 6.92 Å². The number of anilines is 1. The van der Waals surface area contributed by atoms with Gasteiger partial charge in [0.1, 0.15) is 4.90 Å². The molecule has 0 fully saturated rings. The molecule has 0 aromatic heterocycles. The van der Waals surface area contributed by atoms with Gasteiger partial charge >= 0.3 is 6.03 Å². The molecule has 23 heavy (non-hydrogen) atoms. The van der Waals surface area contributed by atoms with Crippen LogP contribution in [-0.4, -0.2) is 14.4 Å². The van der Waals surface area contributed by atoms with E-state index in [1.54, 1.807) is 18.2 Å². The van der Waals surface area contributed by atoms with E-state index in [2.05, 4.69) is 5.32 Å². The van der Waals surface area contributed by atoms with E-state index >= 15 is 0 Å². The lowest BCUT2D eigenvalue weighted by molar-refractivity contribution is 0.250. The molecule has 0 aliphatic carbocycles. The van der Waals surface area contributed by atoms with E-state index in [1.807, 2.05) is 23.2 Å². The van der Waals surface area contributed by atoms with E-state index in [4.69, 9.17) is 23.2 Å². The minimum absolute atomic E-state index is 0.0113. The fourth-order valence-electron chi connectivity index (χ4n) is 1.74. The number of urea groups is 1. The van der Waals surface area contributed by atoms with Crippen molar-refractivity contribution in [3.8, 4) is 0 Å². The van der Waals surface area contributed by atoms with Gasteiger partial charge in [-0.1, -0.05) is 35.3 Å². The molecule has 0 bridgehead atoms. The average Bonchev–Trinajstić information content (AvgIpc) is 2.48. The maximum absolute atomic E-state index is 12.1. The van der Waals surface area contributed by atoms with Crippen LogP contribution in [0.1, 0.15) is 5.56 Å². The summed E-state index contributed by atoms with van der Waals surface area (Å²) in [5.74, 6) is 0. The Hall–Kier alpha value is -1.80. The summed E-state index contributed by atoms with van der Waals surface area (Å²) in [6.07, 6.45) is 0. The number of carbonyl (C=O) groups excluding carboxylic acids is 1. The third kappa shape index (κ3) is 4.84. The molecule has 122 valence electrons. The predicted molar refractivity (Wildman–Crippen MR) is 90.1 cm³/mol. The van der Waals surface area contributed by atoms with Crippen molar-refractivity contribution in [1.82, 2.24) is 10.3 Å². The van der Waals surface area contributed by atoms with Crippen molar-refractivity contribution in [3.63, 3.8) is 0 Å². The molecule has 3 N–H and O–H groups in total. The number of hydrazine groups is 1. The first-order valence-electron chi connectivity index (χ1n) is 6.38. The molecule has 0 radical (unpaired) electrons. The molecular formula is C14H13Cl2N3O3S. The Morgan fingerprint density at radius 3 is 2.52 bits per heavy atom. The van der Waals surface area contributed by atoms with Gasteiger partial charge in [-0.25, -0.2) is 13.2 Å². The van der Waals surface area contributed by atoms with Gasteiger partial charge < -0.3 is 5.32 Å². The molecular weight excluding hydrogens is 361 g/mol. The summed E-state index contributed by atoms with van der Waals surface area (Å²) in [5, 5.41) is 2.69. The summed E-state index contributed by atoms with van der Waals surface area (Å²) < 4.78 is 24.2. The van der Waals surface area contributed by atoms with Gasteiger partial charge in [0.15, 0.2) is 0 Å². The molecule has 2 amide bonds. The van der Waals surface area contributed by atoms with Gasteiger partial charge in [0.05, 0.1) is 5.02 Å². The van der Waals surface area contributed by atoms with Crippen molar-refractivity contribution in [2.75, 3.05) is 5.32 Å². The lowest BCUT2D eigenvalue weighted by atomic mass is 10.2. The first-order valence-corrected chi connectivity index (χ1v) is 8.62. The van der Waals surface area contributed by atoms with Gasteiger partial charge in [-0.3, -0.25) is 5.43 Å². The molecule has 0 atom stereocenters. The summed E-state index contributed by atoms with van der Waals surface area (Å²) in [6, 6.07) is 10.3. The molecule has 0 aliphatic rings. The molecule has 0 unspecified atom stereocenters. The van der Waals surface area contributed by atoms with Crippen molar-refractivity contribution in [3.05, 3.63) is 58.1 Å². The van der Waals surface area contributed by atoms with Crippen LogP contribution < -0.4 is 15.6 Å². The molecule has 0 aliphatic heterocycles. The van der Waals surface area contributed by atoms with Crippen LogP contribution in [0.4, 0.5) is 10.5 Å². The molecule has 0 heterocycles. The van der Waals surface area contributed by atoms with Crippen LogP contribution in [-0.2, 0) is 10.0 Å².